The summed E-state index contributed by atoms with van der Waals surface area (Å²) >= 11 is 0. The first kappa shape index (κ1) is 18.7. The third-order valence-electron chi connectivity index (χ3n) is 4.08. The highest BCUT2D eigenvalue weighted by Gasteiger charge is 2.45. The molecule has 1 aromatic carbocycles. The number of piperidine rings is 1. The molecule has 2 rings (SSSR count). The lowest BCUT2D eigenvalue weighted by atomic mass is 9.90. The number of aliphatic hydroxyl groups excluding tert-OH is 1. The molecule has 0 spiro atoms. The van der Waals surface area contributed by atoms with Crippen molar-refractivity contribution >= 4 is 18.0 Å². The molecule has 0 aliphatic carbocycles. The van der Waals surface area contributed by atoms with E-state index in [0.717, 1.165) is 10.5 Å². The minimum Gasteiger partial charge on any atom is -0.469 e. The van der Waals surface area contributed by atoms with E-state index in [9.17, 15) is 19.5 Å². The Morgan fingerprint density at radius 1 is 1.08 bits per heavy atom. The van der Waals surface area contributed by atoms with Crippen LogP contribution in [0, 0.1) is 5.92 Å². The summed E-state index contributed by atoms with van der Waals surface area (Å²) in [4.78, 5) is 37.0. The summed E-state index contributed by atoms with van der Waals surface area (Å²) in [5.41, 5.74) is 0.768. The van der Waals surface area contributed by atoms with Gasteiger partial charge in [0.25, 0.3) is 0 Å². The lowest BCUT2D eigenvalue weighted by Crippen LogP contribution is -2.56. The largest absolute Gasteiger partial charge is 0.469 e. The Morgan fingerprint density at radius 2 is 1.72 bits per heavy atom. The lowest BCUT2D eigenvalue weighted by Gasteiger charge is -2.39. The second-order valence-electron chi connectivity index (χ2n) is 5.66. The number of carbonyl (C=O) groups is 3. The molecule has 0 aromatic heterocycles. The molecule has 8 heteroatoms. The van der Waals surface area contributed by atoms with E-state index in [2.05, 4.69) is 4.74 Å². The van der Waals surface area contributed by atoms with Crippen molar-refractivity contribution in [1.82, 2.24) is 4.90 Å². The van der Waals surface area contributed by atoms with Gasteiger partial charge >= 0.3 is 18.0 Å². The fourth-order valence-corrected chi connectivity index (χ4v) is 2.80. The average molecular weight is 351 g/mol. The van der Waals surface area contributed by atoms with E-state index in [1.165, 1.54) is 14.2 Å². The smallest absolute Gasteiger partial charge is 0.412 e. The summed E-state index contributed by atoms with van der Waals surface area (Å²) in [5, 5.41) is 10.3. The van der Waals surface area contributed by atoms with Gasteiger partial charge in [0.05, 0.1) is 20.1 Å². The third kappa shape index (κ3) is 4.48. The van der Waals surface area contributed by atoms with Gasteiger partial charge in [0.15, 0.2) is 0 Å². The first-order chi connectivity index (χ1) is 12.0. The topological polar surface area (TPSA) is 102 Å². The number of ether oxygens (including phenoxy) is 3. The fraction of sp³-hybridized carbons (Fsp3) is 0.471. The predicted octanol–water partition coefficient (Wildman–Crippen LogP) is 1.07. The van der Waals surface area contributed by atoms with Gasteiger partial charge in [-0.05, 0) is 12.0 Å². The molecule has 3 atom stereocenters. The van der Waals surface area contributed by atoms with Gasteiger partial charge in [-0.1, -0.05) is 30.3 Å². The summed E-state index contributed by atoms with van der Waals surface area (Å²) in [5.74, 6) is -1.99. The molecule has 1 aromatic rings. The molecule has 25 heavy (non-hydrogen) atoms. The predicted molar refractivity (Wildman–Crippen MR) is 85.0 cm³/mol. The van der Waals surface area contributed by atoms with Crippen molar-refractivity contribution in [3.63, 3.8) is 0 Å². The molecule has 8 nitrogen and oxygen atoms in total. The van der Waals surface area contributed by atoms with E-state index in [4.69, 9.17) is 9.47 Å². The maximum absolute atomic E-state index is 12.4. The quantitative estimate of drug-likeness (QED) is 0.639. The second kappa shape index (κ2) is 8.48. The Hall–Kier alpha value is -2.61. The van der Waals surface area contributed by atoms with Crippen LogP contribution in [0.3, 0.4) is 0 Å². The molecule has 1 aliphatic rings. The van der Waals surface area contributed by atoms with Crippen LogP contribution in [0.2, 0.25) is 0 Å². The normalized spacial score (nSPS) is 22.8. The Balaban J connectivity index is 2.11. The zero-order valence-corrected chi connectivity index (χ0v) is 14.1. The highest BCUT2D eigenvalue weighted by Crippen LogP contribution is 2.29. The molecular formula is C17H21NO7. The standard InChI is InChI=1S/C17H21NO7/c1-23-15(20)12-8-13(16(21)24-2)18(14(19)9-12)17(22)25-10-11-6-4-3-5-7-11/h3-7,12-14,19H,8-10H2,1-2H3/t12-,13-,14?/m0/s1. The van der Waals surface area contributed by atoms with Crippen LogP contribution in [0.5, 0.6) is 0 Å². The molecule has 1 aliphatic heterocycles. The third-order valence-corrected chi connectivity index (χ3v) is 4.08. The van der Waals surface area contributed by atoms with Crippen LogP contribution in [0.1, 0.15) is 18.4 Å². The van der Waals surface area contributed by atoms with Gasteiger partial charge in [-0.25, -0.2) is 9.59 Å². The number of likely N-dealkylation sites (tertiary alicyclic amines) is 1. The number of esters is 2. The van der Waals surface area contributed by atoms with E-state index in [1.807, 2.05) is 6.07 Å². The highest BCUT2D eigenvalue weighted by atomic mass is 16.6. The lowest BCUT2D eigenvalue weighted by molar-refractivity contribution is -0.163. The van der Waals surface area contributed by atoms with Gasteiger partial charge in [0.1, 0.15) is 18.9 Å². The van der Waals surface area contributed by atoms with E-state index in [0.29, 0.717) is 0 Å². The number of hydrogen-bond acceptors (Lipinski definition) is 7. The van der Waals surface area contributed by atoms with Crippen LogP contribution in [-0.4, -0.2) is 54.5 Å². The molecule has 1 amide bonds. The monoisotopic (exact) mass is 351 g/mol. The zero-order valence-electron chi connectivity index (χ0n) is 14.1. The van der Waals surface area contributed by atoms with Crippen molar-refractivity contribution < 1.29 is 33.7 Å². The van der Waals surface area contributed by atoms with Crippen molar-refractivity contribution in [2.24, 2.45) is 5.92 Å². The number of hydrogen-bond donors (Lipinski definition) is 1. The van der Waals surface area contributed by atoms with Crippen molar-refractivity contribution in [3.8, 4) is 0 Å². The number of rotatable bonds is 4. The van der Waals surface area contributed by atoms with Crippen molar-refractivity contribution in [1.29, 1.82) is 0 Å². The summed E-state index contributed by atoms with van der Waals surface area (Å²) < 4.78 is 14.5. The molecule has 0 bridgehead atoms. The van der Waals surface area contributed by atoms with Crippen LogP contribution in [0.25, 0.3) is 0 Å². The first-order valence-corrected chi connectivity index (χ1v) is 7.80. The maximum atomic E-state index is 12.4. The second-order valence-corrected chi connectivity index (χ2v) is 5.66. The van der Waals surface area contributed by atoms with Gasteiger partial charge in [0.2, 0.25) is 0 Å². The number of benzene rings is 1. The molecule has 136 valence electrons. The molecular weight excluding hydrogens is 330 g/mol. The van der Waals surface area contributed by atoms with E-state index in [-0.39, 0.29) is 19.4 Å². The van der Waals surface area contributed by atoms with Crippen LogP contribution in [0.4, 0.5) is 4.79 Å². The SMILES string of the molecule is COC(=O)[C@@H]1CC(O)N(C(=O)OCc2ccccc2)[C@H](C(=O)OC)C1. The number of carbonyl (C=O) groups excluding carboxylic acids is 3. The summed E-state index contributed by atoms with van der Waals surface area (Å²) in [7, 11) is 2.40. The maximum Gasteiger partial charge on any atom is 0.412 e. The first-order valence-electron chi connectivity index (χ1n) is 7.80. The van der Waals surface area contributed by atoms with Gasteiger partial charge in [-0.2, -0.15) is 0 Å². The minimum absolute atomic E-state index is 0.00276. The minimum atomic E-state index is -1.36. The molecule has 1 N–H and O–H groups in total. The van der Waals surface area contributed by atoms with Crippen LogP contribution < -0.4 is 0 Å². The Bertz CT molecular complexity index is 619. The number of methoxy groups -OCH3 is 2. The number of amides is 1. The molecule has 1 unspecified atom stereocenters. The average Bonchev–Trinajstić information content (AvgIpc) is 2.64. The van der Waals surface area contributed by atoms with Gasteiger partial charge in [-0.15, -0.1) is 0 Å². The van der Waals surface area contributed by atoms with Crippen molar-refractivity contribution in [2.45, 2.75) is 31.7 Å². The van der Waals surface area contributed by atoms with Crippen LogP contribution in [0.15, 0.2) is 30.3 Å². The van der Waals surface area contributed by atoms with Crippen LogP contribution in [-0.2, 0) is 30.4 Å². The number of aliphatic hydroxyl groups is 1. The molecule has 0 radical (unpaired) electrons. The summed E-state index contributed by atoms with van der Waals surface area (Å²) in [6.45, 7) is -0.00276. The Labute approximate surface area is 145 Å². The van der Waals surface area contributed by atoms with E-state index < -0.39 is 36.2 Å². The van der Waals surface area contributed by atoms with E-state index in [1.54, 1.807) is 24.3 Å². The summed E-state index contributed by atoms with van der Waals surface area (Å²) in [6, 6.07) is 7.88. The molecule has 1 saturated heterocycles. The van der Waals surface area contributed by atoms with Gasteiger partial charge in [-0.3, -0.25) is 9.69 Å². The highest BCUT2D eigenvalue weighted by molar-refractivity contribution is 5.83. The zero-order chi connectivity index (χ0) is 18.4. The molecule has 1 heterocycles. The fourth-order valence-electron chi connectivity index (χ4n) is 2.80. The molecule has 1 fully saturated rings. The van der Waals surface area contributed by atoms with Crippen molar-refractivity contribution in [3.05, 3.63) is 35.9 Å². The van der Waals surface area contributed by atoms with Crippen molar-refractivity contribution in [2.75, 3.05) is 14.2 Å². The Kier molecular flexibility index (Phi) is 6.35. The van der Waals surface area contributed by atoms with E-state index >= 15 is 0 Å². The summed E-state index contributed by atoms with van der Waals surface area (Å²) in [6.07, 6.45) is -2.25. The van der Waals surface area contributed by atoms with Gasteiger partial charge in [0, 0.05) is 6.42 Å². The Morgan fingerprint density at radius 3 is 2.32 bits per heavy atom. The number of nitrogens with zero attached hydrogens (tertiary/aromatic N) is 1. The van der Waals surface area contributed by atoms with Gasteiger partial charge < -0.3 is 19.3 Å². The molecule has 0 saturated carbocycles. The van der Waals surface area contributed by atoms with Crippen LogP contribution >= 0.6 is 0 Å².